The van der Waals surface area contributed by atoms with Gasteiger partial charge in [0.05, 0.1) is 18.3 Å². The fraction of sp³-hybridized carbons (Fsp3) is 0.467. The van der Waals surface area contributed by atoms with Crippen LogP contribution in [0.25, 0.3) is 5.52 Å². The Kier molecular flexibility index (Phi) is 3.79. The summed E-state index contributed by atoms with van der Waals surface area (Å²) in [5.74, 6) is -0.269. The molecule has 0 saturated carbocycles. The Morgan fingerprint density at radius 2 is 1.90 bits per heavy atom. The monoisotopic (exact) mass is 289 g/mol. The van der Waals surface area contributed by atoms with Crippen LogP contribution in [0.1, 0.15) is 42.0 Å². The Balaban J connectivity index is 1.96. The number of aromatic nitrogens is 2. The first-order valence-corrected chi connectivity index (χ1v) is 7.31. The molecule has 6 nitrogen and oxygen atoms in total. The maximum Gasteiger partial charge on any atom is 0.356 e. The van der Waals surface area contributed by atoms with Crippen LogP contribution in [-0.4, -0.2) is 43.6 Å². The van der Waals surface area contributed by atoms with E-state index in [9.17, 15) is 15.0 Å². The van der Waals surface area contributed by atoms with Gasteiger partial charge >= 0.3 is 5.97 Å². The molecule has 1 fully saturated rings. The Morgan fingerprint density at radius 3 is 2.57 bits per heavy atom. The molecule has 6 heteroatoms. The van der Waals surface area contributed by atoms with E-state index >= 15 is 0 Å². The molecular weight excluding hydrogens is 270 g/mol. The highest BCUT2D eigenvalue weighted by Gasteiger charge is 2.19. The molecular formula is C15H19N3O3. The Labute approximate surface area is 122 Å². The molecule has 0 bridgehead atoms. The topological polar surface area (TPSA) is 78.1 Å². The fourth-order valence-electron chi connectivity index (χ4n) is 2.90. The number of hydrogen-bond donors (Lipinski definition) is 2. The highest BCUT2D eigenvalue weighted by atomic mass is 16.4. The molecule has 1 aliphatic rings. The molecule has 0 amide bonds. The summed E-state index contributed by atoms with van der Waals surface area (Å²) in [6, 6.07) is 3.08. The van der Waals surface area contributed by atoms with Gasteiger partial charge in [0.1, 0.15) is 11.6 Å². The summed E-state index contributed by atoms with van der Waals surface area (Å²) in [6.45, 7) is 2.63. The van der Waals surface area contributed by atoms with E-state index in [0.717, 1.165) is 13.1 Å². The summed E-state index contributed by atoms with van der Waals surface area (Å²) in [4.78, 5) is 17.9. The minimum atomic E-state index is -1.04. The number of carboxylic acids is 1. The van der Waals surface area contributed by atoms with Gasteiger partial charge in [-0.15, -0.1) is 0 Å². The van der Waals surface area contributed by atoms with Crippen LogP contribution in [0.2, 0.25) is 0 Å². The molecule has 1 aliphatic heterocycles. The van der Waals surface area contributed by atoms with Crippen molar-refractivity contribution in [3.05, 3.63) is 29.8 Å². The average Bonchev–Trinajstić information content (AvgIpc) is 2.63. The molecule has 3 rings (SSSR count). The number of fused-ring (bicyclic) bond motifs is 1. The van der Waals surface area contributed by atoms with E-state index in [0.29, 0.717) is 17.9 Å². The van der Waals surface area contributed by atoms with Crippen LogP contribution in [0.5, 0.6) is 5.75 Å². The normalized spacial score (nSPS) is 17.0. The third kappa shape index (κ3) is 2.85. The molecule has 0 spiro atoms. The minimum Gasteiger partial charge on any atom is -0.506 e. The summed E-state index contributed by atoms with van der Waals surface area (Å²) in [5, 5.41) is 18.9. The molecule has 0 aromatic carbocycles. The lowest BCUT2D eigenvalue weighted by atomic mass is 10.2. The number of carbonyl (C=O) groups is 1. The quantitative estimate of drug-likeness (QED) is 0.905. The zero-order valence-electron chi connectivity index (χ0n) is 11.8. The molecule has 2 aromatic heterocycles. The van der Waals surface area contributed by atoms with Crippen molar-refractivity contribution >= 4 is 11.5 Å². The van der Waals surface area contributed by atoms with Crippen LogP contribution in [0.15, 0.2) is 18.3 Å². The average molecular weight is 289 g/mol. The van der Waals surface area contributed by atoms with E-state index in [2.05, 4.69) is 9.88 Å². The molecule has 0 aliphatic carbocycles. The zero-order chi connectivity index (χ0) is 14.8. The smallest absolute Gasteiger partial charge is 0.356 e. The van der Waals surface area contributed by atoms with Gasteiger partial charge < -0.3 is 10.2 Å². The number of likely N-dealkylation sites (tertiary alicyclic amines) is 1. The van der Waals surface area contributed by atoms with Gasteiger partial charge in [0.2, 0.25) is 0 Å². The molecule has 21 heavy (non-hydrogen) atoms. The van der Waals surface area contributed by atoms with E-state index in [1.807, 2.05) is 0 Å². The van der Waals surface area contributed by atoms with Crippen LogP contribution < -0.4 is 0 Å². The van der Waals surface area contributed by atoms with Crippen LogP contribution in [0.4, 0.5) is 0 Å². The second-order valence-electron chi connectivity index (χ2n) is 5.51. The molecule has 2 aromatic rings. The first kappa shape index (κ1) is 13.9. The van der Waals surface area contributed by atoms with Crippen molar-refractivity contribution in [2.75, 3.05) is 13.1 Å². The van der Waals surface area contributed by atoms with E-state index < -0.39 is 5.97 Å². The summed E-state index contributed by atoms with van der Waals surface area (Å²) >= 11 is 0. The molecule has 3 heterocycles. The summed E-state index contributed by atoms with van der Waals surface area (Å²) in [5.41, 5.74) is 0.560. The lowest BCUT2D eigenvalue weighted by Gasteiger charge is -2.18. The fourth-order valence-corrected chi connectivity index (χ4v) is 2.90. The number of rotatable bonds is 3. The lowest BCUT2D eigenvalue weighted by Crippen LogP contribution is -2.25. The summed E-state index contributed by atoms with van der Waals surface area (Å²) < 4.78 is 1.68. The van der Waals surface area contributed by atoms with Crippen molar-refractivity contribution in [1.82, 2.24) is 14.3 Å². The second kappa shape index (κ2) is 5.73. The van der Waals surface area contributed by atoms with Crippen molar-refractivity contribution in [2.24, 2.45) is 0 Å². The van der Waals surface area contributed by atoms with Gasteiger partial charge in [-0.25, -0.2) is 9.78 Å². The first-order valence-electron chi connectivity index (χ1n) is 7.31. The number of pyridine rings is 1. The minimum absolute atomic E-state index is 0.0415. The number of nitrogens with zero attached hydrogens (tertiary/aromatic N) is 3. The number of aromatic hydroxyl groups is 1. The maximum atomic E-state index is 11.3. The number of imidazole rings is 1. The van der Waals surface area contributed by atoms with Gasteiger partial charge in [-0.05, 0) is 38.1 Å². The molecule has 112 valence electrons. The van der Waals surface area contributed by atoms with Gasteiger partial charge in [0, 0.05) is 0 Å². The highest BCUT2D eigenvalue weighted by Crippen LogP contribution is 2.20. The van der Waals surface area contributed by atoms with Crippen molar-refractivity contribution in [1.29, 1.82) is 0 Å². The van der Waals surface area contributed by atoms with Crippen LogP contribution in [0, 0.1) is 0 Å². The zero-order valence-corrected chi connectivity index (χ0v) is 11.8. The van der Waals surface area contributed by atoms with Gasteiger partial charge in [0.15, 0.2) is 5.69 Å². The van der Waals surface area contributed by atoms with Crippen LogP contribution in [-0.2, 0) is 6.54 Å². The Bertz CT molecular complexity index is 657. The van der Waals surface area contributed by atoms with Crippen molar-refractivity contribution in [3.63, 3.8) is 0 Å². The maximum absolute atomic E-state index is 11.3. The molecule has 0 unspecified atom stereocenters. The van der Waals surface area contributed by atoms with Crippen LogP contribution in [0.3, 0.4) is 0 Å². The van der Waals surface area contributed by atoms with Crippen molar-refractivity contribution in [3.8, 4) is 5.75 Å². The van der Waals surface area contributed by atoms with Crippen molar-refractivity contribution < 1.29 is 15.0 Å². The predicted molar refractivity (Wildman–Crippen MR) is 77.6 cm³/mol. The SMILES string of the molecule is O=C(O)c1nc(CN2CCCCCC2)n2cc(O)ccc12. The molecule has 2 N–H and O–H groups in total. The van der Waals surface area contributed by atoms with E-state index in [1.54, 1.807) is 10.5 Å². The first-order chi connectivity index (χ1) is 10.1. The third-order valence-electron chi connectivity index (χ3n) is 3.96. The van der Waals surface area contributed by atoms with Gasteiger partial charge in [-0.1, -0.05) is 12.8 Å². The van der Waals surface area contributed by atoms with E-state index in [1.165, 1.54) is 37.9 Å². The third-order valence-corrected chi connectivity index (χ3v) is 3.96. The summed E-state index contributed by atoms with van der Waals surface area (Å²) in [7, 11) is 0. The number of carboxylic acid groups (broad SMARTS) is 1. The van der Waals surface area contributed by atoms with E-state index in [4.69, 9.17) is 0 Å². The molecule has 0 atom stereocenters. The molecule has 1 saturated heterocycles. The Hall–Kier alpha value is -2.08. The van der Waals surface area contributed by atoms with Crippen LogP contribution >= 0.6 is 0 Å². The molecule has 0 radical (unpaired) electrons. The number of hydrogen-bond acceptors (Lipinski definition) is 4. The predicted octanol–water partition coefficient (Wildman–Crippen LogP) is 2.11. The second-order valence-corrected chi connectivity index (χ2v) is 5.51. The standard InChI is InChI=1S/C15H19N3O3/c19-11-5-6-12-14(15(20)21)16-13(18(12)9-11)10-17-7-3-1-2-4-8-17/h5-6,9,19H,1-4,7-8,10H2,(H,20,21). The van der Waals surface area contributed by atoms with Crippen molar-refractivity contribution in [2.45, 2.75) is 32.2 Å². The number of aromatic carboxylic acids is 1. The van der Waals surface area contributed by atoms with E-state index in [-0.39, 0.29) is 11.4 Å². The van der Waals surface area contributed by atoms with Gasteiger partial charge in [-0.2, -0.15) is 0 Å². The van der Waals surface area contributed by atoms with Gasteiger partial charge in [-0.3, -0.25) is 9.30 Å². The largest absolute Gasteiger partial charge is 0.506 e. The van der Waals surface area contributed by atoms with Gasteiger partial charge in [0.25, 0.3) is 0 Å². The Morgan fingerprint density at radius 1 is 1.19 bits per heavy atom. The summed E-state index contributed by atoms with van der Waals surface area (Å²) in [6.07, 6.45) is 6.36. The lowest BCUT2D eigenvalue weighted by molar-refractivity contribution is 0.0693. The highest BCUT2D eigenvalue weighted by molar-refractivity contribution is 5.93.